The van der Waals surface area contributed by atoms with Crippen molar-refractivity contribution in [2.45, 2.75) is 31.1 Å². The lowest BCUT2D eigenvalue weighted by Gasteiger charge is -2.03. The molecule has 0 saturated carbocycles. The van der Waals surface area contributed by atoms with Crippen molar-refractivity contribution < 1.29 is 14.3 Å². The molecule has 0 bridgehead atoms. The Balaban J connectivity index is 2.35. The summed E-state index contributed by atoms with van der Waals surface area (Å²) in [4.78, 5) is 23.5. The fourth-order valence-corrected chi connectivity index (χ4v) is 2.30. The predicted octanol–water partition coefficient (Wildman–Crippen LogP) is 3.32. The van der Waals surface area contributed by atoms with E-state index < -0.39 is 0 Å². The SMILES string of the molecule is CCC(=O)c1ccc(SCCCC(=O)OC)cc1. The van der Waals surface area contributed by atoms with E-state index in [0.29, 0.717) is 12.8 Å². The van der Waals surface area contributed by atoms with Crippen LogP contribution in [0, 0.1) is 0 Å². The van der Waals surface area contributed by atoms with Gasteiger partial charge in [-0.05, 0) is 24.3 Å². The molecule has 1 rings (SSSR count). The second-order valence-corrected chi connectivity index (χ2v) is 5.00. The number of rotatable bonds is 7. The molecular formula is C14H18O3S. The van der Waals surface area contributed by atoms with Gasteiger partial charge in [0.2, 0.25) is 0 Å². The molecule has 0 amide bonds. The van der Waals surface area contributed by atoms with Crippen molar-refractivity contribution in [3.8, 4) is 0 Å². The first-order valence-corrected chi connectivity index (χ1v) is 6.98. The van der Waals surface area contributed by atoms with Gasteiger partial charge in [0.05, 0.1) is 7.11 Å². The number of carbonyl (C=O) groups is 2. The van der Waals surface area contributed by atoms with Gasteiger partial charge < -0.3 is 4.74 Å². The highest BCUT2D eigenvalue weighted by Crippen LogP contribution is 2.20. The molecule has 0 aliphatic carbocycles. The van der Waals surface area contributed by atoms with Crippen LogP contribution in [0.4, 0.5) is 0 Å². The average Bonchev–Trinajstić information content (AvgIpc) is 2.43. The summed E-state index contributed by atoms with van der Waals surface area (Å²) in [5, 5.41) is 0. The molecule has 3 nitrogen and oxygen atoms in total. The lowest BCUT2D eigenvalue weighted by Crippen LogP contribution is -2.00. The summed E-state index contributed by atoms with van der Waals surface area (Å²) in [5.41, 5.74) is 0.761. The van der Waals surface area contributed by atoms with Gasteiger partial charge in [0.1, 0.15) is 0 Å². The highest BCUT2D eigenvalue weighted by atomic mass is 32.2. The van der Waals surface area contributed by atoms with E-state index >= 15 is 0 Å². The number of hydrogen-bond acceptors (Lipinski definition) is 4. The first-order chi connectivity index (χ1) is 8.67. The van der Waals surface area contributed by atoms with Crippen LogP contribution in [0.3, 0.4) is 0 Å². The van der Waals surface area contributed by atoms with Crippen molar-refractivity contribution in [1.29, 1.82) is 0 Å². The molecule has 4 heteroatoms. The van der Waals surface area contributed by atoms with Crippen LogP contribution in [-0.2, 0) is 9.53 Å². The van der Waals surface area contributed by atoms with Crippen LogP contribution < -0.4 is 0 Å². The van der Waals surface area contributed by atoms with Gasteiger partial charge in [0.15, 0.2) is 5.78 Å². The van der Waals surface area contributed by atoms with Gasteiger partial charge in [0, 0.05) is 23.3 Å². The van der Waals surface area contributed by atoms with Gasteiger partial charge in [-0.15, -0.1) is 11.8 Å². The van der Waals surface area contributed by atoms with Gasteiger partial charge in [-0.3, -0.25) is 9.59 Å². The second kappa shape index (κ2) is 7.93. The lowest BCUT2D eigenvalue weighted by atomic mass is 10.1. The zero-order valence-corrected chi connectivity index (χ0v) is 11.6. The highest BCUT2D eigenvalue weighted by Gasteiger charge is 2.03. The number of Topliss-reactive ketones (excluding diaryl/α,β-unsaturated/α-hetero) is 1. The normalized spacial score (nSPS) is 10.1. The van der Waals surface area contributed by atoms with Crippen LogP contribution in [0.25, 0.3) is 0 Å². The first kappa shape index (κ1) is 14.8. The number of thioether (sulfide) groups is 1. The molecule has 0 atom stereocenters. The predicted molar refractivity (Wildman–Crippen MR) is 73.0 cm³/mol. The van der Waals surface area contributed by atoms with Crippen LogP contribution in [0.2, 0.25) is 0 Å². The summed E-state index contributed by atoms with van der Waals surface area (Å²) in [6.07, 6.45) is 1.79. The second-order valence-electron chi connectivity index (χ2n) is 3.83. The topological polar surface area (TPSA) is 43.4 Å². The van der Waals surface area contributed by atoms with Crippen molar-refractivity contribution in [1.82, 2.24) is 0 Å². The molecule has 0 aliphatic rings. The van der Waals surface area contributed by atoms with E-state index in [2.05, 4.69) is 4.74 Å². The summed E-state index contributed by atoms with van der Waals surface area (Å²) >= 11 is 1.68. The summed E-state index contributed by atoms with van der Waals surface area (Å²) in [5.74, 6) is 0.868. The molecular weight excluding hydrogens is 248 g/mol. The van der Waals surface area contributed by atoms with E-state index in [9.17, 15) is 9.59 Å². The Hall–Kier alpha value is -1.29. The third-order valence-electron chi connectivity index (χ3n) is 2.52. The average molecular weight is 266 g/mol. The Morgan fingerprint density at radius 1 is 1.22 bits per heavy atom. The molecule has 0 fully saturated rings. The molecule has 1 aromatic rings. The molecule has 0 saturated heterocycles. The minimum absolute atomic E-state index is 0.164. The summed E-state index contributed by atoms with van der Waals surface area (Å²) in [6.45, 7) is 1.86. The molecule has 0 spiro atoms. The maximum atomic E-state index is 11.4. The number of benzene rings is 1. The Bertz CT molecular complexity index is 398. The van der Waals surface area contributed by atoms with Crippen molar-refractivity contribution in [3.63, 3.8) is 0 Å². The number of esters is 1. The van der Waals surface area contributed by atoms with Crippen molar-refractivity contribution in [3.05, 3.63) is 29.8 Å². The van der Waals surface area contributed by atoms with E-state index in [1.165, 1.54) is 7.11 Å². The van der Waals surface area contributed by atoms with Crippen molar-refractivity contribution in [2.75, 3.05) is 12.9 Å². The standard InChI is InChI=1S/C14H18O3S/c1-3-13(15)11-6-8-12(9-7-11)18-10-4-5-14(16)17-2/h6-9H,3-5,10H2,1-2H3. The zero-order valence-electron chi connectivity index (χ0n) is 10.8. The lowest BCUT2D eigenvalue weighted by molar-refractivity contribution is -0.140. The first-order valence-electron chi connectivity index (χ1n) is 6.00. The third-order valence-corrected chi connectivity index (χ3v) is 3.62. The van der Waals surface area contributed by atoms with Gasteiger partial charge >= 0.3 is 5.97 Å². The third kappa shape index (κ3) is 4.92. The van der Waals surface area contributed by atoms with Gasteiger partial charge in [0.25, 0.3) is 0 Å². The Labute approximate surface area is 112 Å². The Morgan fingerprint density at radius 2 is 1.89 bits per heavy atom. The monoisotopic (exact) mass is 266 g/mol. The Morgan fingerprint density at radius 3 is 2.44 bits per heavy atom. The summed E-state index contributed by atoms with van der Waals surface area (Å²) in [7, 11) is 1.40. The van der Waals surface area contributed by atoms with E-state index in [1.54, 1.807) is 11.8 Å². The minimum Gasteiger partial charge on any atom is -0.469 e. The van der Waals surface area contributed by atoms with E-state index in [4.69, 9.17) is 0 Å². The number of carbonyl (C=O) groups excluding carboxylic acids is 2. The molecule has 98 valence electrons. The quantitative estimate of drug-likeness (QED) is 0.328. The van der Waals surface area contributed by atoms with Crippen LogP contribution in [-0.4, -0.2) is 24.6 Å². The van der Waals surface area contributed by atoms with Crippen molar-refractivity contribution in [2.24, 2.45) is 0 Å². The van der Waals surface area contributed by atoms with Crippen LogP contribution in [0.5, 0.6) is 0 Å². The van der Waals surface area contributed by atoms with E-state index in [-0.39, 0.29) is 11.8 Å². The maximum Gasteiger partial charge on any atom is 0.305 e. The van der Waals surface area contributed by atoms with Gasteiger partial charge in [-0.25, -0.2) is 0 Å². The molecule has 18 heavy (non-hydrogen) atoms. The molecule has 0 unspecified atom stereocenters. The molecule has 0 N–H and O–H groups in total. The summed E-state index contributed by atoms with van der Waals surface area (Å²) < 4.78 is 4.57. The highest BCUT2D eigenvalue weighted by molar-refractivity contribution is 7.99. The van der Waals surface area contributed by atoms with Crippen molar-refractivity contribution >= 4 is 23.5 Å². The molecule has 0 aliphatic heterocycles. The van der Waals surface area contributed by atoms with Crippen LogP contribution in [0.1, 0.15) is 36.5 Å². The maximum absolute atomic E-state index is 11.4. The van der Waals surface area contributed by atoms with Crippen LogP contribution >= 0.6 is 11.8 Å². The zero-order chi connectivity index (χ0) is 13.4. The van der Waals surface area contributed by atoms with E-state index in [0.717, 1.165) is 22.6 Å². The molecule has 0 aromatic heterocycles. The fourth-order valence-electron chi connectivity index (χ4n) is 1.45. The molecule has 1 aromatic carbocycles. The van der Waals surface area contributed by atoms with Gasteiger partial charge in [-0.2, -0.15) is 0 Å². The Kier molecular flexibility index (Phi) is 6.50. The number of ether oxygens (including phenoxy) is 1. The molecule has 0 radical (unpaired) electrons. The van der Waals surface area contributed by atoms with Crippen LogP contribution in [0.15, 0.2) is 29.2 Å². The summed E-state index contributed by atoms with van der Waals surface area (Å²) in [6, 6.07) is 7.61. The smallest absolute Gasteiger partial charge is 0.305 e. The number of ketones is 1. The fraction of sp³-hybridized carbons (Fsp3) is 0.429. The minimum atomic E-state index is -0.167. The van der Waals surface area contributed by atoms with Gasteiger partial charge in [-0.1, -0.05) is 19.1 Å². The van der Waals surface area contributed by atoms with E-state index in [1.807, 2.05) is 31.2 Å². The molecule has 0 heterocycles. The number of hydrogen-bond donors (Lipinski definition) is 0. The largest absolute Gasteiger partial charge is 0.469 e. The number of methoxy groups -OCH3 is 1.